The summed E-state index contributed by atoms with van der Waals surface area (Å²) in [6, 6.07) is 7.54. The molecule has 1 aromatic heterocycles. The quantitative estimate of drug-likeness (QED) is 0.636. The number of aryl methyl sites for hydroxylation is 2. The molecular formula is C22H24FN5O3. The van der Waals surface area contributed by atoms with Gasteiger partial charge in [0.15, 0.2) is 5.54 Å². The van der Waals surface area contributed by atoms with E-state index in [2.05, 4.69) is 27.0 Å². The Morgan fingerprint density at radius 1 is 1.29 bits per heavy atom. The van der Waals surface area contributed by atoms with Gasteiger partial charge in [0, 0.05) is 30.9 Å². The largest absolute Gasteiger partial charge is 0.365 e. The van der Waals surface area contributed by atoms with Crippen molar-refractivity contribution < 1.29 is 18.8 Å². The molecule has 31 heavy (non-hydrogen) atoms. The monoisotopic (exact) mass is 425 g/mol. The number of pyridine rings is 1. The molecule has 0 saturated carbocycles. The third-order valence-corrected chi connectivity index (χ3v) is 5.80. The number of carbonyl (C=O) groups excluding carboxylic acids is 3. The second-order valence-corrected chi connectivity index (χ2v) is 8.08. The van der Waals surface area contributed by atoms with E-state index in [0.29, 0.717) is 18.7 Å². The SMILES string of the molecule is Cc1cnc(N[C@H]2CCN(C(=O)c3ccc(C4(CF)NC(=O)NC4=O)cc3)C2)c(C)c1. The smallest absolute Gasteiger partial charge is 0.322 e. The molecule has 162 valence electrons. The number of carbonyl (C=O) groups is 3. The van der Waals surface area contributed by atoms with Gasteiger partial charge in [-0.1, -0.05) is 18.2 Å². The Labute approximate surface area is 179 Å². The number of hydrogen-bond acceptors (Lipinski definition) is 5. The van der Waals surface area contributed by atoms with Gasteiger partial charge in [-0.25, -0.2) is 14.2 Å². The van der Waals surface area contributed by atoms with E-state index in [1.165, 1.54) is 12.1 Å². The highest BCUT2D eigenvalue weighted by Gasteiger charge is 2.48. The van der Waals surface area contributed by atoms with E-state index in [1.807, 2.05) is 20.0 Å². The van der Waals surface area contributed by atoms with E-state index >= 15 is 0 Å². The van der Waals surface area contributed by atoms with Gasteiger partial charge in [0.1, 0.15) is 12.5 Å². The highest BCUT2D eigenvalue weighted by molar-refractivity contribution is 6.07. The fourth-order valence-electron chi connectivity index (χ4n) is 4.07. The standard InChI is InChI=1S/C22H24FN5O3/c1-13-9-14(2)18(24-10-13)25-17-7-8-28(11-17)19(29)15-3-5-16(6-4-15)22(12-23)20(30)26-21(31)27-22/h3-6,9-10,17H,7-8,11-12H2,1-2H3,(H,24,25)(H2,26,27,30,31)/t17-,22?/m0/s1. The van der Waals surface area contributed by atoms with Crippen molar-refractivity contribution in [3.63, 3.8) is 0 Å². The first kappa shape index (κ1) is 20.8. The Hall–Kier alpha value is -3.49. The second kappa shape index (κ2) is 7.98. The summed E-state index contributed by atoms with van der Waals surface area (Å²) >= 11 is 0. The number of anilines is 1. The zero-order valence-corrected chi connectivity index (χ0v) is 17.4. The van der Waals surface area contributed by atoms with E-state index in [1.54, 1.807) is 17.0 Å². The van der Waals surface area contributed by atoms with Crippen LogP contribution in [-0.2, 0) is 10.3 Å². The first-order valence-electron chi connectivity index (χ1n) is 10.1. The topological polar surface area (TPSA) is 103 Å². The molecule has 1 aromatic carbocycles. The van der Waals surface area contributed by atoms with E-state index in [0.717, 1.165) is 23.4 Å². The Morgan fingerprint density at radius 2 is 2.03 bits per heavy atom. The molecule has 2 fully saturated rings. The molecule has 2 aliphatic heterocycles. The van der Waals surface area contributed by atoms with Crippen molar-refractivity contribution in [2.45, 2.75) is 31.8 Å². The summed E-state index contributed by atoms with van der Waals surface area (Å²) in [6.45, 7) is 4.06. The molecule has 0 bridgehead atoms. The first-order chi connectivity index (χ1) is 14.8. The molecule has 4 rings (SSSR count). The number of alkyl halides is 1. The zero-order valence-electron chi connectivity index (χ0n) is 17.4. The second-order valence-electron chi connectivity index (χ2n) is 8.08. The average Bonchev–Trinajstić information content (AvgIpc) is 3.33. The fraction of sp³-hybridized carbons (Fsp3) is 0.364. The maximum Gasteiger partial charge on any atom is 0.322 e. The number of halogens is 1. The molecule has 3 heterocycles. The van der Waals surface area contributed by atoms with Gasteiger partial charge in [0.2, 0.25) is 0 Å². The number of benzene rings is 1. The lowest BCUT2D eigenvalue weighted by Crippen LogP contribution is -2.45. The number of aromatic nitrogens is 1. The minimum Gasteiger partial charge on any atom is -0.365 e. The van der Waals surface area contributed by atoms with Crippen molar-refractivity contribution in [3.8, 4) is 0 Å². The number of urea groups is 1. The third-order valence-electron chi connectivity index (χ3n) is 5.80. The highest BCUT2D eigenvalue weighted by atomic mass is 19.1. The van der Waals surface area contributed by atoms with Crippen LogP contribution in [0.15, 0.2) is 36.5 Å². The summed E-state index contributed by atoms with van der Waals surface area (Å²) < 4.78 is 13.7. The van der Waals surface area contributed by atoms with Crippen LogP contribution in [0.2, 0.25) is 0 Å². The predicted molar refractivity (Wildman–Crippen MR) is 112 cm³/mol. The molecule has 0 spiro atoms. The van der Waals surface area contributed by atoms with Crippen LogP contribution in [-0.4, -0.2) is 53.5 Å². The van der Waals surface area contributed by atoms with Crippen molar-refractivity contribution in [2.75, 3.05) is 25.1 Å². The fourth-order valence-corrected chi connectivity index (χ4v) is 4.07. The van der Waals surface area contributed by atoms with E-state index < -0.39 is 24.2 Å². The third kappa shape index (κ3) is 3.83. The van der Waals surface area contributed by atoms with Crippen molar-refractivity contribution in [3.05, 3.63) is 58.8 Å². The number of rotatable bonds is 5. The first-order valence-corrected chi connectivity index (χ1v) is 10.1. The summed E-state index contributed by atoms with van der Waals surface area (Å²) in [6.07, 6.45) is 2.61. The molecule has 2 atom stereocenters. The van der Waals surface area contributed by atoms with Gasteiger partial charge >= 0.3 is 6.03 Å². The van der Waals surface area contributed by atoms with Crippen molar-refractivity contribution in [1.29, 1.82) is 0 Å². The molecular weight excluding hydrogens is 401 g/mol. The van der Waals surface area contributed by atoms with Crippen LogP contribution in [0.25, 0.3) is 0 Å². The van der Waals surface area contributed by atoms with Gasteiger partial charge in [-0.3, -0.25) is 14.9 Å². The molecule has 4 amide bonds. The Kier molecular flexibility index (Phi) is 5.34. The summed E-state index contributed by atoms with van der Waals surface area (Å²) in [5, 5.41) is 7.80. The minimum absolute atomic E-state index is 0.101. The normalized spacial score (nSPS) is 22.9. The Bertz CT molecular complexity index is 1040. The van der Waals surface area contributed by atoms with Gasteiger partial charge in [0.25, 0.3) is 11.8 Å². The van der Waals surface area contributed by atoms with Crippen molar-refractivity contribution in [2.24, 2.45) is 0 Å². The number of hydrogen-bond donors (Lipinski definition) is 3. The maximum absolute atomic E-state index is 13.7. The van der Waals surface area contributed by atoms with Crippen LogP contribution in [0, 0.1) is 13.8 Å². The van der Waals surface area contributed by atoms with E-state index in [9.17, 15) is 18.8 Å². The van der Waals surface area contributed by atoms with Gasteiger partial charge in [-0.05, 0) is 49.1 Å². The molecule has 1 unspecified atom stereocenters. The van der Waals surface area contributed by atoms with Crippen LogP contribution >= 0.6 is 0 Å². The molecule has 8 nitrogen and oxygen atoms in total. The van der Waals surface area contributed by atoms with E-state index in [-0.39, 0.29) is 17.5 Å². The van der Waals surface area contributed by atoms with Gasteiger partial charge < -0.3 is 15.5 Å². The van der Waals surface area contributed by atoms with Crippen LogP contribution < -0.4 is 16.0 Å². The van der Waals surface area contributed by atoms with Gasteiger partial charge in [-0.15, -0.1) is 0 Å². The molecule has 2 saturated heterocycles. The number of amides is 4. The van der Waals surface area contributed by atoms with Crippen LogP contribution in [0.4, 0.5) is 15.0 Å². The molecule has 0 radical (unpaired) electrons. The summed E-state index contributed by atoms with van der Waals surface area (Å²) in [5.41, 5.74) is 1.13. The number of likely N-dealkylation sites (tertiary alicyclic amines) is 1. The maximum atomic E-state index is 13.7. The lowest BCUT2D eigenvalue weighted by atomic mass is 9.90. The van der Waals surface area contributed by atoms with Crippen LogP contribution in [0.3, 0.4) is 0 Å². The number of imide groups is 1. The molecule has 0 aliphatic carbocycles. The highest BCUT2D eigenvalue weighted by Crippen LogP contribution is 2.27. The van der Waals surface area contributed by atoms with E-state index in [4.69, 9.17) is 0 Å². The lowest BCUT2D eigenvalue weighted by molar-refractivity contribution is -0.124. The number of nitrogens with zero attached hydrogens (tertiary/aromatic N) is 2. The molecule has 3 N–H and O–H groups in total. The minimum atomic E-state index is -1.75. The predicted octanol–water partition coefficient (Wildman–Crippen LogP) is 2.03. The Morgan fingerprint density at radius 3 is 2.65 bits per heavy atom. The molecule has 2 aromatic rings. The van der Waals surface area contributed by atoms with Gasteiger partial charge in [0.05, 0.1) is 0 Å². The van der Waals surface area contributed by atoms with Crippen molar-refractivity contribution in [1.82, 2.24) is 20.5 Å². The zero-order chi connectivity index (χ0) is 22.2. The van der Waals surface area contributed by atoms with Crippen LogP contribution in [0.1, 0.15) is 33.5 Å². The summed E-state index contributed by atoms with van der Waals surface area (Å²) in [5.74, 6) is -0.0613. The summed E-state index contributed by atoms with van der Waals surface area (Å²) in [7, 11) is 0. The van der Waals surface area contributed by atoms with Crippen molar-refractivity contribution >= 4 is 23.7 Å². The lowest BCUT2D eigenvalue weighted by Gasteiger charge is -2.23. The Balaban J connectivity index is 1.43. The van der Waals surface area contributed by atoms with Crippen LogP contribution in [0.5, 0.6) is 0 Å². The molecule has 2 aliphatic rings. The van der Waals surface area contributed by atoms with Gasteiger partial charge in [-0.2, -0.15) is 0 Å². The number of nitrogens with one attached hydrogen (secondary N) is 3. The molecule has 9 heteroatoms. The average molecular weight is 425 g/mol. The summed E-state index contributed by atoms with van der Waals surface area (Å²) in [4.78, 5) is 42.6.